The van der Waals surface area contributed by atoms with Gasteiger partial charge in [-0.1, -0.05) is 41.9 Å². The first kappa shape index (κ1) is 15.4. The number of benzene rings is 2. The number of aromatic amines is 1. The molecule has 5 heteroatoms. The summed E-state index contributed by atoms with van der Waals surface area (Å²) in [7, 11) is 1.59. The molecule has 0 radical (unpaired) electrons. The van der Waals surface area contributed by atoms with E-state index < -0.39 is 0 Å². The summed E-state index contributed by atoms with van der Waals surface area (Å²) >= 11 is 6.21. The Balaban J connectivity index is 2.07. The minimum atomic E-state index is -0.0908. The van der Waals surface area contributed by atoms with Gasteiger partial charge in [0.1, 0.15) is 11.4 Å². The second kappa shape index (κ2) is 6.34. The van der Waals surface area contributed by atoms with Crippen LogP contribution in [-0.2, 0) is 6.42 Å². The molecule has 0 fully saturated rings. The Bertz CT molecular complexity index is 896. The van der Waals surface area contributed by atoms with E-state index in [0.29, 0.717) is 28.4 Å². The topological polar surface area (TPSA) is 47.0 Å². The molecule has 0 amide bonds. The first-order valence-corrected chi connectivity index (χ1v) is 7.67. The van der Waals surface area contributed by atoms with Crippen molar-refractivity contribution in [1.29, 1.82) is 0 Å². The maximum Gasteiger partial charge on any atom is 0.275 e. The zero-order valence-electron chi connectivity index (χ0n) is 13.0. The molecule has 23 heavy (non-hydrogen) atoms. The number of rotatable bonds is 4. The molecule has 0 saturated heterocycles. The molecule has 118 valence electrons. The quantitative estimate of drug-likeness (QED) is 0.793. The number of H-pyrrole nitrogens is 1. The van der Waals surface area contributed by atoms with Gasteiger partial charge in [0.2, 0.25) is 0 Å². The Hall–Kier alpha value is -2.46. The van der Waals surface area contributed by atoms with Crippen LogP contribution in [0.5, 0.6) is 5.75 Å². The van der Waals surface area contributed by atoms with Crippen LogP contribution in [-0.4, -0.2) is 16.9 Å². The fourth-order valence-corrected chi connectivity index (χ4v) is 2.81. The van der Waals surface area contributed by atoms with E-state index in [-0.39, 0.29) is 5.56 Å². The summed E-state index contributed by atoms with van der Waals surface area (Å²) in [6, 6.07) is 15.0. The molecule has 1 heterocycles. The third-order valence-corrected chi connectivity index (χ3v) is 4.21. The molecule has 3 aromatic rings. The van der Waals surface area contributed by atoms with Gasteiger partial charge in [0.15, 0.2) is 0 Å². The molecule has 0 aliphatic heterocycles. The third kappa shape index (κ3) is 2.90. The summed E-state index contributed by atoms with van der Waals surface area (Å²) in [5.41, 5.74) is 3.05. The lowest BCUT2D eigenvalue weighted by Gasteiger charge is -2.07. The standard InChI is InChI=1S/C18H17ClN2O2/c1-12-14(11-13-7-3-4-8-15(13)19)18(22)21(20-12)16-9-5-6-10-17(16)23-2/h3-10,20H,11H2,1-2H3. The van der Waals surface area contributed by atoms with Gasteiger partial charge < -0.3 is 4.74 Å². The normalized spacial score (nSPS) is 10.7. The number of methoxy groups -OCH3 is 1. The van der Waals surface area contributed by atoms with Crippen molar-refractivity contribution in [1.82, 2.24) is 9.78 Å². The van der Waals surface area contributed by atoms with Gasteiger partial charge in [0.05, 0.1) is 7.11 Å². The SMILES string of the molecule is COc1ccccc1-n1[nH]c(C)c(Cc2ccccc2Cl)c1=O. The molecule has 0 aliphatic rings. The minimum Gasteiger partial charge on any atom is -0.494 e. The lowest BCUT2D eigenvalue weighted by molar-refractivity contribution is 0.411. The maximum absolute atomic E-state index is 12.8. The summed E-state index contributed by atoms with van der Waals surface area (Å²) in [4.78, 5) is 12.8. The summed E-state index contributed by atoms with van der Waals surface area (Å²) in [5.74, 6) is 0.639. The van der Waals surface area contributed by atoms with E-state index in [1.807, 2.05) is 55.5 Å². The van der Waals surface area contributed by atoms with Gasteiger partial charge in [-0.2, -0.15) is 0 Å². The smallest absolute Gasteiger partial charge is 0.275 e. The number of halogens is 1. The number of hydrogen-bond acceptors (Lipinski definition) is 2. The highest BCUT2D eigenvalue weighted by atomic mass is 35.5. The lowest BCUT2D eigenvalue weighted by atomic mass is 10.1. The molecule has 3 rings (SSSR count). The van der Waals surface area contributed by atoms with Crippen LogP contribution in [0.1, 0.15) is 16.8 Å². The average Bonchev–Trinajstić information content (AvgIpc) is 2.84. The lowest BCUT2D eigenvalue weighted by Crippen LogP contribution is -2.18. The molecule has 0 aliphatic carbocycles. The molecule has 0 saturated carbocycles. The van der Waals surface area contributed by atoms with Gasteiger partial charge in [-0.15, -0.1) is 0 Å². The Kier molecular flexibility index (Phi) is 4.26. The van der Waals surface area contributed by atoms with E-state index in [1.165, 1.54) is 4.68 Å². The first-order chi connectivity index (χ1) is 11.1. The second-order valence-electron chi connectivity index (χ2n) is 5.30. The number of para-hydroxylation sites is 2. The number of nitrogens with one attached hydrogen (secondary N) is 1. The van der Waals surface area contributed by atoms with Crippen molar-refractivity contribution in [3.63, 3.8) is 0 Å². The molecule has 2 aromatic carbocycles. The van der Waals surface area contributed by atoms with Gasteiger partial charge >= 0.3 is 0 Å². The predicted molar refractivity (Wildman–Crippen MR) is 91.9 cm³/mol. The molecule has 0 atom stereocenters. The van der Waals surface area contributed by atoms with E-state index in [9.17, 15) is 4.79 Å². The Morgan fingerprint density at radius 3 is 2.57 bits per heavy atom. The van der Waals surface area contributed by atoms with Gasteiger partial charge in [-0.05, 0) is 30.7 Å². The van der Waals surface area contributed by atoms with Crippen molar-refractivity contribution in [2.45, 2.75) is 13.3 Å². The van der Waals surface area contributed by atoms with Crippen LogP contribution >= 0.6 is 11.6 Å². The Morgan fingerprint density at radius 1 is 1.13 bits per heavy atom. The average molecular weight is 329 g/mol. The van der Waals surface area contributed by atoms with Crippen molar-refractivity contribution in [3.05, 3.63) is 80.7 Å². The molecule has 4 nitrogen and oxygen atoms in total. The van der Waals surface area contributed by atoms with Crippen molar-refractivity contribution in [2.24, 2.45) is 0 Å². The molecular formula is C18H17ClN2O2. The van der Waals surface area contributed by atoms with E-state index in [0.717, 1.165) is 11.3 Å². The Morgan fingerprint density at radius 2 is 1.83 bits per heavy atom. The van der Waals surface area contributed by atoms with Gasteiger partial charge in [0.25, 0.3) is 5.56 Å². The van der Waals surface area contributed by atoms with Crippen LogP contribution < -0.4 is 10.3 Å². The molecule has 0 spiro atoms. The zero-order chi connectivity index (χ0) is 16.4. The molecule has 1 N–H and O–H groups in total. The highest BCUT2D eigenvalue weighted by Gasteiger charge is 2.16. The van der Waals surface area contributed by atoms with Crippen LogP contribution in [0.2, 0.25) is 5.02 Å². The fourth-order valence-electron chi connectivity index (χ4n) is 2.61. The summed E-state index contributed by atoms with van der Waals surface area (Å²) in [6.45, 7) is 1.89. The maximum atomic E-state index is 12.8. The Labute approximate surface area is 139 Å². The summed E-state index contributed by atoms with van der Waals surface area (Å²) < 4.78 is 6.85. The van der Waals surface area contributed by atoms with Gasteiger partial charge in [0, 0.05) is 22.7 Å². The number of aryl methyl sites for hydroxylation is 1. The minimum absolute atomic E-state index is 0.0908. The van der Waals surface area contributed by atoms with Gasteiger partial charge in [-0.3, -0.25) is 9.89 Å². The predicted octanol–water partition coefficient (Wildman–Crippen LogP) is 3.73. The monoisotopic (exact) mass is 328 g/mol. The van der Waals surface area contributed by atoms with Crippen molar-refractivity contribution in [2.75, 3.05) is 7.11 Å². The van der Waals surface area contributed by atoms with Crippen LogP contribution in [0.15, 0.2) is 53.3 Å². The van der Waals surface area contributed by atoms with E-state index in [4.69, 9.17) is 16.3 Å². The highest BCUT2D eigenvalue weighted by molar-refractivity contribution is 6.31. The first-order valence-electron chi connectivity index (χ1n) is 7.29. The zero-order valence-corrected chi connectivity index (χ0v) is 13.7. The van der Waals surface area contributed by atoms with Gasteiger partial charge in [-0.25, -0.2) is 4.68 Å². The largest absolute Gasteiger partial charge is 0.494 e. The van der Waals surface area contributed by atoms with Crippen molar-refractivity contribution >= 4 is 11.6 Å². The number of nitrogens with zero attached hydrogens (tertiary/aromatic N) is 1. The number of hydrogen-bond donors (Lipinski definition) is 1. The van der Waals surface area contributed by atoms with E-state index in [1.54, 1.807) is 7.11 Å². The number of ether oxygens (including phenoxy) is 1. The fraction of sp³-hybridized carbons (Fsp3) is 0.167. The number of aromatic nitrogens is 2. The third-order valence-electron chi connectivity index (χ3n) is 3.84. The summed E-state index contributed by atoms with van der Waals surface area (Å²) in [6.07, 6.45) is 0.489. The van der Waals surface area contributed by atoms with Crippen LogP contribution in [0.3, 0.4) is 0 Å². The van der Waals surface area contributed by atoms with Crippen LogP contribution in [0, 0.1) is 6.92 Å². The molecular weight excluding hydrogens is 312 g/mol. The molecule has 1 aromatic heterocycles. The van der Waals surface area contributed by atoms with Crippen molar-refractivity contribution < 1.29 is 4.74 Å². The molecule has 0 bridgehead atoms. The second-order valence-corrected chi connectivity index (χ2v) is 5.70. The van der Waals surface area contributed by atoms with E-state index in [2.05, 4.69) is 5.10 Å². The highest BCUT2D eigenvalue weighted by Crippen LogP contribution is 2.22. The molecule has 0 unspecified atom stereocenters. The van der Waals surface area contributed by atoms with Crippen LogP contribution in [0.25, 0.3) is 5.69 Å². The van der Waals surface area contributed by atoms with E-state index >= 15 is 0 Å². The summed E-state index contributed by atoms with van der Waals surface area (Å²) in [5, 5.41) is 3.79. The van der Waals surface area contributed by atoms with Crippen molar-refractivity contribution in [3.8, 4) is 11.4 Å². The van der Waals surface area contributed by atoms with Crippen LogP contribution in [0.4, 0.5) is 0 Å².